The largest absolute Gasteiger partial charge is 0.459 e. The van der Waals surface area contributed by atoms with Crippen molar-refractivity contribution in [3.05, 3.63) is 41.2 Å². The van der Waals surface area contributed by atoms with Gasteiger partial charge < -0.3 is 10.5 Å². The molecule has 3 rings (SSSR count). The Kier molecular flexibility index (Phi) is 3.37. The normalized spacial score (nSPS) is 13.2. The van der Waals surface area contributed by atoms with E-state index < -0.39 is 0 Å². The summed E-state index contributed by atoms with van der Waals surface area (Å²) in [6.45, 7) is 0.311. The Hall–Kier alpha value is -2.37. The predicted molar refractivity (Wildman–Crippen MR) is 72.7 cm³/mol. The highest BCUT2D eigenvalue weighted by Crippen LogP contribution is 2.23. The first-order valence-corrected chi connectivity index (χ1v) is 6.62. The monoisotopic (exact) mass is 272 g/mol. The average molecular weight is 272 g/mol. The molecular weight excluding hydrogens is 256 g/mol. The highest BCUT2D eigenvalue weighted by molar-refractivity contribution is 5.69. The first kappa shape index (κ1) is 12.7. The molecule has 104 valence electrons. The number of carbonyl (C=O) groups excluding carboxylic acids is 1. The zero-order chi connectivity index (χ0) is 13.9. The van der Waals surface area contributed by atoms with Gasteiger partial charge in [-0.25, -0.2) is 9.67 Å². The highest BCUT2D eigenvalue weighted by Gasteiger charge is 2.12. The maximum atomic E-state index is 11.7. The number of fused-ring (bicyclic) bond motifs is 1. The number of aromatic nitrogens is 3. The fourth-order valence-corrected chi connectivity index (χ4v) is 2.44. The summed E-state index contributed by atoms with van der Waals surface area (Å²) in [5.74, 6) is -0.202. The molecule has 6 nitrogen and oxygen atoms in total. The van der Waals surface area contributed by atoms with Crippen molar-refractivity contribution < 1.29 is 9.53 Å². The van der Waals surface area contributed by atoms with E-state index in [1.54, 1.807) is 0 Å². The molecule has 1 aliphatic carbocycles. The lowest BCUT2D eigenvalue weighted by molar-refractivity contribution is -0.145. The van der Waals surface area contributed by atoms with Crippen LogP contribution in [0.1, 0.15) is 23.1 Å². The number of ether oxygens (including phenoxy) is 1. The molecular formula is C14H16N4O2. The van der Waals surface area contributed by atoms with E-state index in [4.69, 9.17) is 10.5 Å². The van der Waals surface area contributed by atoms with Crippen molar-refractivity contribution in [2.45, 2.75) is 32.4 Å². The lowest BCUT2D eigenvalue weighted by Gasteiger charge is -2.07. The van der Waals surface area contributed by atoms with Gasteiger partial charge in [0, 0.05) is 0 Å². The number of hydrogen-bond donors (Lipinski definition) is 1. The first-order chi connectivity index (χ1) is 9.70. The third kappa shape index (κ3) is 2.79. The van der Waals surface area contributed by atoms with E-state index in [9.17, 15) is 4.79 Å². The Morgan fingerprint density at radius 1 is 1.35 bits per heavy atom. The van der Waals surface area contributed by atoms with E-state index in [-0.39, 0.29) is 25.1 Å². The van der Waals surface area contributed by atoms with Gasteiger partial charge >= 0.3 is 5.97 Å². The van der Waals surface area contributed by atoms with Crippen molar-refractivity contribution in [1.82, 2.24) is 14.8 Å². The van der Waals surface area contributed by atoms with Crippen LogP contribution < -0.4 is 5.73 Å². The summed E-state index contributed by atoms with van der Waals surface area (Å²) >= 11 is 0. The number of esters is 1. The van der Waals surface area contributed by atoms with E-state index >= 15 is 0 Å². The molecule has 1 aromatic carbocycles. The molecule has 0 amide bonds. The molecule has 0 aliphatic heterocycles. The minimum atomic E-state index is -0.351. The minimum absolute atomic E-state index is 0.0230. The summed E-state index contributed by atoms with van der Waals surface area (Å²) in [5, 5.41) is 3.84. The van der Waals surface area contributed by atoms with Crippen LogP contribution in [0.15, 0.2) is 24.5 Å². The second kappa shape index (κ2) is 5.32. The number of carbonyl (C=O) groups is 1. The quantitative estimate of drug-likeness (QED) is 0.842. The molecule has 2 aromatic rings. The number of anilines is 1. The molecule has 0 unspecified atom stereocenters. The van der Waals surface area contributed by atoms with Gasteiger partial charge in [0.15, 0.2) is 0 Å². The first-order valence-electron chi connectivity index (χ1n) is 6.62. The molecule has 1 heterocycles. The van der Waals surface area contributed by atoms with Gasteiger partial charge in [0.05, 0.1) is 0 Å². The molecule has 0 saturated heterocycles. The molecule has 1 aliphatic rings. The number of rotatable bonds is 4. The minimum Gasteiger partial charge on any atom is -0.459 e. The fraction of sp³-hybridized carbons (Fsp3) is 0.357. The lowest BCUT2D eigenvalue weighted by Crippen LogP contribution is -2.14. The maximum Gasteiger partial charge on any atom is 0.328 e. The van der Waals surface area contributed by atoms with Crippen LogP contribution in [-0.2, 0) is 35.5 Å². The van der Waals surface area contributed by atoms with Gasteiger partial charge in [-0.2, -0.15) is 0 Å². The van der Waals surface area contributed by atoms with Crippen LogP contribution in [0.5, 0.6) is 0 Å². The van der Waals surface area contributed by atoms with Gasteiger partial charge in [-0.15, -0.1) is 5.10 Å². The Balaban J connectivity index is 1.55. The van der Waals surface area contributed by atoms with E-state index in [1.165, 1.54) is 28.6 Å². The molecule has 0 saturated carbocycles. The zero-order valence-corrected chi connectivity index (χ0v) is 11.1. The molecule has 1 aromatic heterocycles. The Morgan fingerprint density at radius 3 is 3.00 bits per heavy atom. The van der Waals surface area contributed by atoms with Gasteiger partial charge in [-0.1, -0.05) is 18.2 Å². The summed E-state index contributed by atoms with van der Waals surface area (Å²) in [7, 11) is 0. The summed E-state index contributed by atoms with van der Waals surface area (Å²) in [6.07, 6.45) is 4.90. The molecule has 0 atom stereocenters. The summed E-state index contributed by atoms with van der Waals surface area (Å²) in [6, 6.07) is 6.28. The van der Waals surface area contributed by atoms with Crippen molar-refractivity contribution in [3.63, 3.8) is 0 Å². The smallest absolute Gasteiger partial charge is 0.328 e. The van der Waals surface area contributed by atoms with Gasteiger partial charge in [-0.05, 0) is 36.0 Å². The molecule has 0 radical (unpaired) electrons. The van der Waals surface area contributed by atoms with Crippen LogP contribution in [0.4, 0.5) is 5.95 Å². The molecule has 0 fully saturated rings. The van der Waals surface area contributed by atoms with E-state index in [0.29, 0.717) is 0 Å². The zero-order valence-electron chi connectivity index (χ0n) is 11.1. The van der Waals surface area contributed by atoms with Gasteiger partial charge in [0.25, 0.3) is 0 Å². The highest BCUT2D eigenvalue weighted by atomic mass is 16.5. The third-order valence-electron chi connectivity index (χ3n) is 3.41. The molecule has 20 heavy (non-hydrogen) atoms. The Bertz CT molecular complexity index is 636. The Morgan fingerprint density at radius 2 is 2.20 bits per heavy atom. The number of nitrogen functional groups attached to an aromatic ring is 1. The van der Waals surface area contributed by atoms with Crippen LogP contribution in [0.25, 0.3) is 0 Å². The van der Waals surface area contributed by atoms with Crippen LogP contribution in [0.3, 0.4) is 0 Å². The number of aryl methyl sites for hydroxylation is 2. The standard InChI is InChI=1S/C14H16N4O2/c15-14-16-9-18(17-14)7-13(19)20-8-10-4-5-11-2-1-3-12(11)6-10/h4-6,9H,1-3,7-8H2,(H2,15,17). The molecule has 0 bridgehead atoms. The summed E-state index contributed by atoms with van der Waals surface area (Å²) < 4.78 is 6.59. The summed E-state index contributed by atoms with van der Waals surface area (Å²) in [5.41, 5.74) is 9.19. The van der Waals surface area contributed by atoms with Crippen molar-refractivity contribution in [2.24, 2.45) is 0 Å². The Labute approximate surface area is 116 Å². The number of nitrogens with zero attached hydrogens (tertiary/aromatic N) is 3. The topological polar surface area (TPSA) is 83.0 Å². The van der Waals surface area contributed by atoms with Crippen molar-refractivity contribution in [3.8, 4) is 0 Å². The van der Waals surface area contributed by atoms with Crippen LogP contribution in [0, 0.1) is 0 Å². The molecule has 0 spiro atoms. The lowest BCUT2D eigenvalue weighted by atomic mass is 10.1. The van der Waals surface area contributed by atoms with Crippen LogP contribution in [0.2, 0.25) is 0 Å². The number of hydrogen-bond acceptors (Lipinski definition) is 5. The SMILES string of the molecule is Nc1ncn(CC(=O)OCc2ccc3c(c2)CCC3)n1. The van der Waals surface area contributed by atoms with E-state index in [2.05, 4.69) is 22.2 Å². The number of benzene rings is 1. The van der Waals surface area contributed by atoms with Gasteiger partial charge in [0.1, 0.15) is 19.5 Å². The van der Waals surface area contributed by atoms with Crippen molar-refractivity contribution in [2.75, 3.05) is 5.73 Å². The van der Waals surface area contributed by atoms with Crippen molar-refractivity contribution >= 4 is 11.9 Å². The molecule has 2 N–H and O–H groups in total. The van der Waals surface area contributed by atoms with Gasteiger partial charge in [-0.3, -0.25) is 4.79 Å². The molecule has 6 heteroatoms. The predicted octanol–water partition coefficient (Wildman–Crippen LogP) is 1.09. The average Bonchev–Trinajstić information content (AvgIpc) is 3.04. The van der Waals surface area contributed by atoms with Crippen LogP contribution in [-0.4, -0.2) is 20.7 Å². The van der Waals surface area contributed by atoms with Gasteiger partial charge in [0.2, 0.25) is 5.95 Å². The maximum absolute atomic E-state index is 11.7. The van der Waals surface area contributed by atoms with E-state index in [0.717, 1.165) is 18.4 Å². The third-order valence-corrected chi connectivity index (χ3v) is 3.41. The summed E-state index contributed by atoms with van der Waals surface area (Å²) in [4.78, 5) is 15.4. The second-order valence-corrected chi connectivity index (χ2v) is 4.92. The van der Waals surface area contributed by atoms with Crippen molar-refractivity contribution in [1.29, 1.82) is 0 Å². The van der Waals surface area contributed by atoms with E-state index in [1.807, 2.05) is 6.07 Å². The number of nitrogens with two attached hydrogens (primary N) is 1. The fourth-order valence-electron chi connectivity index (χ4n) is 2.44. The second-order valence-electron chi connectivity index (χ2n) is 4.92. The van der Waals surface area contributed by atoms with Crippen LogP contribution >= 0.6 is 0 Å².